The molecule has 0 amide bonds. The molecule has 0 radical (unpaired) electrons. The number of hydrogen-bond acceptors (Lipinski definition) is 20. The molecule has 714 valence electrons. The SMILES string of the molecule is Cc1nc(N2CCN(CCCCc3c[nH]c4ccc(F)cc34)CC2)sc1C.Cc1nc(N2CCN(CCCc3c[nH]c4ccc(F)cc34)CC2)sc1C.[C-]#[N+]c1ccc2[nH]cc(CCCCN3CCN(c4nc(C)c(C)s4)CC3)c2c1.[C-]#[N+]c1ccc2[nH]cc(CCCCN3CCN(c4nc(C)c(C)s4)CC3)c2c1.[C-]#[N+]c1ccc2[nH]cc(CCCN3CCN(c4nc(C)c(C)s4)CC3)c2c1. The number of halogens is 2. The number of nitrogens with zero attached hydrogens (tertiary/aromatic N) is 18. The number of nitrogens with one attached hydrogen (secondary N) is 5. The summed E-state index contributed by atoms with van der Waals surface area (Å²) >= 11 is 9.07. The van der Waals surface area contributed by atoms with Gasteiger partial charge in [-0.05, 0) is 302 Å². The molecule has 5 aliphatic heterocycles. The Balaban J connectivity index is 0.000000123. The van der Waals surface area contributed by atoms with Crippen molar-refractivity contribution < 1.29 is 8.78 Å². The minimum Gasteiger partial charge on any atom is -0.361 e. The van der Waals surface area contributed by atoms with Crippen LogP contribution in [-0.2, 0) is 32.1 Å². The molecule has 5 N–H and O–H groups in total. The molecule has 5 aliphatic rings. The second-order valence-corrected chi connectivity index (χ2v) is 42.8. The first-order valence-electron chi connectivity index (χ1n) is 48.6. The van der Waals surface area contributed by atoms with Gasteiger partial charge in [-0.25, -0.2) is 48.2 Å². The van der Waals surface area contributed by atoms with E-state index in [0.717, 1.165) is 269 Å². The van der Waals surface area contributed by atoms with Crippen molar-refractivity contribution >= 4 is 154 Å². The molecule has 0 atom stereocenters. The van der Waals surface area contributed by atoms with E-state index in [1.165, 1.54) is 163 Å². The zero-order valence-corrected chi connectivity index (χ0v) is 84.8. The summed E-state index contributed by atoms with van der Waals surface area (Å²) < 4.78 is 27.0. The quantitative estimate of drug-likeness (QED) is 0.0230. The number of H-pyrrole nitrogens is 5. The van der Waals surface area contributed by atoms with Gasteiger partial charge in [0.15, 0.2) is 42.7 Å². The Bertz CT molecular complexity index is 6310. The fourth-order valence-electron chi connectivity index (χ4n) is 18.8. The topological polar surface area (TPSA) is 189 Å². The van der Waals surface area contributed by atoms with Crippen LogP contribution in [-0.4, -0.2) is 238 Å². The summed E-state index contributed by atoms with van der Waals surface area (Å²) in [5.74, 6) is -0.325. The average molecular weight is 1930 g/mol. The van der Waals surface area contributed by atoms with E-state index in [2.05, 4.69) is 181 Å². The van der Waals surface area contributed by atoms with Crippen molar-refractivity contribution in [2.24, 2.45) is 0 Å². The van der Waals surface area contributed by atoms with Crippen molar-refractivity contribution in [2.75, 3.05) is 188 Å². The third-order valence-corrected chi connectivity index (χ3v) is 33.4. The minimum absolute atomic E-state index is 0.160. The van der Waals surface area contributed by atoms with Gasteiger partial charge in [-0.3, -0.25) is 24.5 Å². The summed E-state index contributed by atoms with van der Waals surface area (Å²) in [7, 11) is 0. The number of rotatable bonds is 28. The van der Waals surface area contributed by atoms with E-state index in [1.54, 1.807) is 23.5 Å². The molecule has 0 spiro atoms. The van der Waals surface area contributed by atoms with Gasteiger partial charge in [-0.1, -0.05) is 18.2 Å². The molecule has 20 rings (SSSR count). The molecule has 15 aromatic rings. The predicted molar refractivity (Wildman–Crippen MR) is 567 cm³/mol. The smallest absolute Gasteiger partial charge is 0.187 e. The van der Waals surface area contributed by atoms with E-state index in [4.69, 9.17) is 39.7 Å². The summed E-state index contributed by atoms with van der Waals surface area (Å²) in [6, 6.07) is 27.6. The van der Waals surface area contributed by atoms with Crippen molar-refractivity contribution in [3.63, 3.8) is 0 Å². The molecular weight excluding hydrogens is 1790 g/mol. The van der Waals surface area contributed by atoms with E-state index in [-0.39, 0.29) is 11.6 Å². The molecule has 136 heavy (non-hydrogen) atoms. The predicted octanol–water partition coefficient (Wildman–Crippen LogP) is 23.1. The van der Waals surface area contributed by atoms with Crippen LogP contribution < -0.4 is 24.5 Å². The van der Waals surface area contributed by atoms with Crippen LogP contribution in [0.1, 0.15) is 132 Å². The van der Waals surface area contributed by atoms with E-state index in [0.29, 0.717) is 5.69 Å². The molecule has 5 aromatic carbocycles. The normalized spacial score (nSPS) is 15.5. The number of aromatic nitrogens is 10. The van der Waals surface area contributed by atoms with Gasteiger partial charge in [0.05, 0.1) is 48.2 Å². The lowest BCUT2D eigenvalue weighted by atomic mass is 10.1. The molecule has 0 unspecified atom stereocenters. The first-order valence-corrected chi connectivity index (χ1v) is 52.7. The molecule has 5 saturated heterocycles. The zero-order valence-electron chi connectivity index (χ0n) is 80.8. The standard InChI is InChI=1S/2C22H27N5S.C21H27FN4S.C21H25N5S.C20H25FN4S/c2*1-16-17(2)28-22(25-16)27-12-10-26(11-13-27)9-5-4-6-18-15-24-21-8-7-19(23-3)14-20(18)21;1-15-16(2)27-21(24-15)26-11-9-25(10-12-26)8-4-3-5-17-14-23-20-7-6-18(22)13-19(17)20;1-15-16(2)27-21(24-15)26-11-9-25(10-12-26)8-4-5-17-14-23-20-7-6-18(22-3)13-19(17)20;1-14-15(2)26-20(23-14)25-10-8-24(9-11-25)7-3-4-16-13-22-19-6-5-17(21)12-18(16)19/h2*7-8,14-15,24H,4-6,9-13H2,1-2H3;6-7,13-14,23H,3-5,8-12H2,1-2H3;6-7,13-14,23H,4-5,8-12H2,1-2H3;5-6,12-13,22H,3-4,7-11H2,1-2H3. The maximum atomic E-state index is 13.5. The van der Waals surface area contributed by atoms with Crippen molar-refractivity contribution in [3.8, 4) is 0 Å². The second kappa shape index (κ2) is 47.0. The van der Waals surface area contributed by atoms with Gasteiger partial charge in [-0.15, -0.1) is 56.7 Å². The van der Waals surface area contributed by atoms with Crippen molar-refractivity contribution in [1.29, 1.82) is 0 Å². The van der Waals surface area contributed by atoms with Gasteiger partial charge in [0.1, 0.15) is 11.6 Å². The summed E-state index contributed by atoms with van der Waals surface area (Å²) in [4.78, 5) is 82.2. The Kier molecular flexibility index (Phi) is 33.9. The number of aromatic amines is 5. The van der Waals surface area contributed by atoms with E-state index < -0.39 is 0 Å². The Hall–Kier alpha value is -10.9. The summed E-state index contributed by atoms with van der Waals surface area (Å²) in [6.45, 7) is 70.3. The first-order chi connectivity index (χ1) is 66.1. The molecule has 30 heteroatoms. The summed E-state index contributed by atoms with van der Waals surface area (Å²) in [5, 5.41) is 11.5. The summed E-state index contributed by atoms with van der Waals surface area (Å²) in [6.07, 6.45) is 24.9. The van der Waals surface area contributed by atoms with Gasteiger partial charge >= 0.3 is 0 Å². The third-order valence-electron chi connectivity index (χ3n) is 27.8. The van der Waals surface area contributed by atoms with Crippen LogP contribution in [0.2, 0.25) is 0 Å². The largest absolute Gasteiger partial charge is 0.361 e. The number of thiazole rings is 5. The lowest BCUT2D eigenvalue weighted by molar-refractivity contribution is 0.253. The fourth-order valence-corrected chi connectivity index (χ4v) is 23.6. The highest BCUT2D eigenvalue weighted by Gasteiger charge is 2.27. The number of anilines is 5. The highest BCUT2D eigenvalue weighted by atomic mass is 32.1. The van der Waals surface area contributed by atoms with Crippen LogP contribution in [0.5, 0.6) is 0 Å². The molecule has 10 aromatic heterocycles. The average Bonchev–Trinajstić information content (AvgIpc) is 1.69. The highest BCUT2D eigenvalue weighted by molar-refractivity contribution is 7.17. The van der Waals surface area contributed by atoms with Gasteiger partial charge in [0, 0.05) is 225 Å². The van der Waals surface area contributed by atoms with Crippen LogP contribution in [0, 0.1) is 101 Å². The maximum Gasteiger partial charge on any atom is 0.187 e. The number of unbranched alkanes of at least 4 members (excludes halogenated alkanes) is 3. The molecule has 15 heterocycles. The molecule has 23 nitrogen and oxygen atoms in total. The molecular formula is C106H131F2N23S5. The van der Waals surface area contributed by atoms with Gasteiger partial charge in [-0.2, -0.15) is 0 Å². The second-order valence-electron chi connectivity index (χ2n) is 36.9. The summed E-state index contributed by atoms with van der Waals surface area (Å²) in [5.41, 5.74) is 19.8. The van der Waals surface area contributed by atoms with Crippen LogP contribution in [0.25, 0.3) is 69.0 Å². The van der Waals surface area contributed by atoms with E-state index in [1.807, 2.05) is 124 Å². The van der Waals surface area contributed by atoms with Gasteiger partial charge in [0.2, 0.25) is 0 Å². The zero-order chi connectivity index (χ0) is 94.7. The van der Waals surface area contributed by atoms with Crippen LogP contribution in [0.4, 0.5) is 51.5 Å². The van der Waals surface area contributed by atoms with Crippen LogP contribution in [0.15, 0.2) is 122 Å². The molecule has 0 saturated carbocycles. The maximum absolute atomic E-state index is 13.5. The van der Waals surface area contributed by atoms with Crippen LogP contribution >= 0.6 is 56.7 Å². The Morgan fingerprint density at radius 3 is 0.669 bits per heavy atom. The fraction of sp³-hybridized carbons (Fsp3) is 0.453. The monoisotopic (exact) mass is 1920 g/mol. The lowest BCUT2D eigenvalue weighted by Crippen LogP contribution is -2.46. The Morgan fingerprint density at radius 2 is 0.463 bits per heavy atom. The van der Waals surface area contributed by atoms with Crippen molar-refractivity contribution in [3.05, 3.63) is 249 Å². The Labute approximate surface area is 820 Å². The molecule has 0 bridgehead atoms. The van der Waals surface area contributed by atoms with Crippen molar-refractivity contribution in [2.45, 2.75) is 153 Å². The van der Waals surface area contributed by atoms with E-state index in [9.17, 15) is 8.78 Å². The van der Waals surface area contributed by atoms with Crippen LogP contribution in [0.3, 0.4) is 0 Å². The van der Waals surface area contributed by atoms with Gasteiger partial charge < -0.3 is 49.4 Å². The van der Waals surface area contributed by atoms with E-state index >= 15 is 0 Å². The lowest BCUT2D eigenvalue weighted by Gasteiger charge is -2.34. The first kappa shape index (κ1) is 98.1. The third kappa shape index (κ3) is 25.5. The number of piperazine rings is 5. The Morgan fingerprint density at radius 1 is 0.265 bits per heavy atom. The number of fused-ring (bicyclic) bond motifs is 5. The minimum atomic E-state index is -0.165. The molecule has 0 aliphatic carbocycles. The highest BCUT2D eigenvalue weighted by Crippen LogP contribution is 2.36. The number of aryl methyl sites for hydroxylation is 15. The molecule has 5 fully saturated rings. The number of hydrogen-bond donors (Lipinski definition) is 5. The van der Waals surface area contributed by atoms with Crippen molar-refractivity contribution in [1.82, 2.24) is 74.3 Å². The number of benzene rings is 5. The van der Waals surface area contributed by atoms with Gasteiger partial charge in [0.25, 0.3) is 0 Å².